The predicted octanol–water partition coefficient (Wildman–Crippen LogP) is 3.72. The molecule has 0 bridgehead atoms. The highest BCUT2D eigenvalue weighted by atomic mass is 15.3. The molecule has 0 aliphatic rings. The Labute approximate surface area is 102 Å². The Bertz CT molecular complexity index is 554. The van der Waals surface area contributed by atoms with E-state index in [0.717, 1.165) is 5.69 Å². The molecule has 1 heterocycles. The SMILES string of the molecule is [C-]#[N+]c1ccc(C(C)(C)C)c(-n2cccn2)c1. The lowest BCUT2D eigenvalue weighted by Crippen LogP contribution is -2.15. The maximum absolute atomic E-state index is 7.09. The van der Waals surface area contributed by atoms with Crippen molar-refractivity contribution in [3.8, 4) is 5.69 Å². The third-order valence-corrected chi connectivity index (χ3v) is 2.67. The minimum absolute atomic E-state index is 0.0296. The number of hydrogen-bond acceptors (Lipinski definition) is 1. The molecule has 17 heavy (non-hydrogen) atoms. The van der Waals surface area contributed by atoms with Crippen molar-refractivity contribution in [2.24, 2.45) is 0 Å². The molecule has 2 aromatic rings. The van der Waals surface area contributed by atoms with Crippen LogP contribution in [0.25, 0.3) is 10.5 Å². The largest absolute Gasteiger partial charge is 0.242 e. The number of benzene rings is 1. The van der Waals surface area contributed by atoms with Gasteiger partial charge < -0.3 is 0 Å². The van der Waals surface area contributed by atoms with E-state index in [-0.39, 0.29) is 5.41 Å². The molecule has 2 rings (SSSR count). The molecule has 3 heteroatoms. The highest BCUT2D eigenvalue weighted by molar-refractivity contribution is 5.57. The van der Waals surface area contributed by atoms with Crippen LogP contribution in [-0.2, 0) is 5.41 Å². The summed E-state index contributed by atoms with van der Waals surface area (Å²) in [5, 5.41) is 4.25. The van der Waals surface area contributed by atoms with E-state index in [1.54, 1.807) is 6.20 Å². The molecule has 0 radical (unpaired) electrons. The molecule has 3 nitrogen and oxygen atoms in total. The first-order chi connectivity index (χ1) is 8.02. The molecular weight excluding hydrogens is 210 g/mol. The van der Waals surface area contributed by atoms with E-state index in [9.17, 15) is 0 Å². The van der Waals surface area contributed by atoms with E-state index in [1.807, 2.05) is 35.1 Å². The number of rotatable bonds is 1. The van der Waals surface area contributed by atoms with Crippen molar-refractivity contribution in [3.63, 3.8) is 0 Å². The van der Waals surface area contributed by atoms with Crippen molar-refractivity contribution in [1.29, 1.82) is 0 Å². The van der Waals surface area contributed by atoms with Crippen LogP contribution in [0.5, 0.6) is 0 Å². The van der Waals surface area contributed by atoms with Crippen LogP contribution >= 0.6 is 0 Å². The van der Waals surface area contributed by atoms with Gasteiger partial charge in [-0.05, 0) is 23.1 Å². The van der Waals surface area contributed by atoms with Crippen molar-refractivity contribution in [2.75, 3.05) is 0 Å². The molecule has 0 saturated heterocycles. The molecule has 0 aliphatic heterocycles. The number of nitrogens with zero attached hydrogens (tertiary/aromatic N) is 3. The Balaban J connectivity index is 2.66. The third-order valence-electron chi connectivity index (χ3n) is 2.67. The quantitative estimate of drug-likeness (QED) is 0.678. The van der Waals surface area contributed by atoms with Crippen molar-refractivity contribution >= 4 is 5.69 Å². The molecular formula is C14H15N3. The van der Waals surface area contributed by atoms with E-state index >= 15 is 0 Å². The first-order valence-corrected chi connectivity index (χ1v) is 5.54. The summed E-state index contributed by atoms with van der Waals surface area (Å²) in [5.41, 5.74) is 2.84. The maximum Gasteiger partial charge on any atom is 0.189 e. The van der Waals surface area contributed by atoms with Gasteiger partial charge in [-0.2, -0.15) is 5.10 Å². The van der Waals surface area contributed by atoms with Crippen LogP contribution in [0.15, 0.2) is 36.7 Å². The summed E-state index contributed by atoms with van der Waals surface area (Å²) in [5.74, 6) is 0. The van der Waals surface area contributed by atoms with E-state index in [2.05, 4.69) is 30.7 Å². The molecule has 0 saturated carbocycles. The molecule has 0 amide bonds. The highest BCUT2D eigenvalue weighted by Gasteiger charge is 2.19. The summed E-state index contributed by atoms with van der Waals surface area (Å²) < 4.78 is 1.81. The van der Waals surface area contributed by atoms with Crippen LogP contribution < -0.4 is 0 Å². The van der Waals surface area contributed by atoms with E-state index in [1.165, 1.54) is 5.56 Å². The number of aromatic nitrogens is 2. The Morgan fingerprint density at radius 1 is 1.29 bits per heavy atom. The van der Waals surface area contributed by atoms with Crippen LogP contribution in [0.2, 0.25) is 0 Å². The lowest BCUT2D eigenvalue weighted by atomic mass is 9.85. The van der Waals surface area contributed by atoms with Gasteiger partial charge >= 0.3 is 0 Å². The van der Waals surface area contributed by atoms with Crippen LogP contribution in [0.4, 0.5) is 5.69 Å². The Hall–Kier alpha value is -2.08. The minimum Gasteiger partial charge on any atom is -0.242 e. The average molecular weight is 225 g/mol. The van der Waals surface area contributed by atoms with Crippen LogP contribution in [0, 0.1) is 6.57 Å². The summed E-state index contributed by atoms with van der Waals surface area (Å²) in [6.45, 7) is 13.6. The third kappa shape index (κ3) is 2.21. The van der Waals surface area contributed by atoms with Gasteiger partial charge in [0.15, 0.2) is 5.69 Å². The lowest BCUT2D eigenvalue weighted by molar-refractivity contribution is 0.583. The van der Waals surface area contributed by atoms with Gasteiger partial charge in [-0.25, -0.2) is 9.53 Å². The Kier molecular flexibility index (Phi) is 2.72. The summed E-state index contributed by atoms with van der Waals surface area (Å²) in [7, 11) is 0. The zero-order valence-electron chi connectivity index (χ0n) is 10.3. The maximum atomic E-state index is 7.09. The van der Waals surface area contributed by atoms with Crippen LogP contribution in [0.3, 0.4) is 0 Å². The molecule has 0 N–H and O–H groups in total. The van der Waals surface area contributed by atoms with Gasteiger partial charge in [0.05, 0.1) is 12.3 Å². The molecule has 0 unspecified atom stereocenters. The molecule has 0 spiro atoms. The minimum atomic E-state index is 0.0296. The van der Waals surface area contributed by atoms with Crippen molar-refractivity contribution < 1.29 is 0 Å². The lowest BCUT2D eigenvalue weighted by Gasteiger charge is -2.23. The summed E-state index contributed by atoms with van der Waals surface area (Å²) in [6, 6.07) is 7.66. The van der Waals surface area contributed by atoms with Crippen molar-refractivity contribution in [2.45, 2.75) is 26.2 Å². The number of hydrogen-bond donors (Lipinski definition) is 0. The summed E-state index contributed by atoms with van der Waals surface area (Å²) in [4.78, 5) is 3.47. The normalized spacial score (nSPS) is 11.2. The standard InChI is InChI=1S/C14H15N3/c1-14(2,3)12-7-6-11(15-4)10-13(12)17-9-5-8-16-17/h5-10H,1-3H3. The average Bonchev–Trinajstić information content (AvgIpc) is 2.80. The van der Waals surface area contributed by atoms with Gasteiger partial charge in [0.2, 0.25) is 0 Å². The molecule has 1 aromatic heterocycles. The van der Waals surface area contributed by atoms with Gasteiger partial charge in [0.1, 0.15) is 0 Å². The van der Waals surface area contributed by atoms with E-state index in [0.29, 0.717) is 5.69 Å². The second-order valence-corrected chi connectivity index (χ2v) is 5.01. The van der Waals surface area contributed by atoms with Crippen molar-refractivity contribution in [3.05, 3.63) is 53.6 Å². The fourth-order valence-electron chi connectivity index (χ4n) is 1.82. The summed E-state index contributed by atoms with van der Waals surface area (Å²) >= 11 is 0. The molecule has 86 valence electrons. The second kappa shape index (κ2) is 4.06. The van der Waals surface area contributed by atoms with Gasteiger partial charge in [-0.3, -0.25) is 0 Å². The first kappa shape index (κ1) is 11.4. The van der Waals surface area contributed by atoms with E-state index in [4.69, 9.17) is 6.57 Å². The van der Waals surface area contributed by atoms with Gasteiger partial charge in [-0.15, -0.1) is 0 Å². The van der Waals surface area contributed by atoms with Crippen LogP contribution in [-0.4, -0.2) is 9.78 Å². The van der Waals surface area contributed by atoms with Crippen LogP contribution in [0.1, 0.15) is 26.3 Å². The molecule has 1 aromatic carbocycles. The van der Waals surface area contributed by atoms with Crippen molar-refractivity contribution in [1.82, 2.24) is 9.78 Å². The molecule has 0 fully saturated rings. The Morgan fingerprint density at radius 2 is 2.06 bits per heavy atom. The Morgan fingerprint density at radius 3 is 2.59 bits per heavy atom. The highest BCUT2D eigenvalue weighted by Crippen LogP contribution is 2.31. The predicted molar refractivity (Wildman–Crippen MR) is 68.5 cm³/mol. The van der Waals surface area contributed by atoms with Gasteiger partial charge in [0, 0.05) is 12.4 Å². The van der Waals surface area contributed by atoms with Gasteiger partial charge in [-0.1, -0.05) is 32.9 Å². The topological polar surface area (TPSA) is 22.2 Å². The fraction of sp³-hybridized carbons (Fsp3) is 0.286. The molecule has 0 aliphatic carbocycles. The second-order valence-electron chi connectivity index (χ2n) is 5.01. The zero-order chi connectivity index (χ0) is 12.5. The summed E-state index contributed by atoms with van der Waals surface area (Å²) in [6.07, 6.45) is 3.65. The zero-order valence-corrected chi connectivity index (χ0v) is 10.3. The monoisotopic (exact) mass is 225 g/mol. The first-order valence-electron chi connectivity index (χ1n) is 5.54. The van der Waals surface area contributed by atoms with E-state index < -0.39 is 0 Å². The molecule has 0 atom stereocenters. The fourth-order valence-corrected chi connectivity index (χ4v) is 1.82. The van der Waals surface area contributed by atoms with Gasteiger partial charge in [0.25, 0.3) is 0 Å². The smallest absolute Gasteiger partial charge is 0.189 e.